The topological polar surface area (TPSA) is 109 Å². The average molecular weight is 403 g/mol. The molecule has 1 fully saturated rings. The van der Waals surface area contributed by atoms with Gasteiger partial charge in [0.25, 0.3) is 0 Å². The van der Waals surface area contributed by atoms with Gasteiger partial charge in [-0.05, 0) is 52.2 Å². The number of anilines is 1. The standard InChI is InChI=1S/C20H26FN5O3/c1-20(2,3)29-19(28)23-15-6-4-12(8-15)16-10-17(26-25-16)24-18(27)9-14-7-5-13(21)11-22-14/h5,7,10-12,15H,4,6,8-9H2,1-3H3,(H,23,28)(H2,24,25,26,27)/t12-,15+/m0/s1. The van der Waals surface area contributed by atoms with Crippen LogP contribution in [0.4, 0.5) is 15.0 Å². The molecule has 9 heteroatoms. The summed E-state index contributed by atoms with van der Waals surface area (Å²) in [6, 6.07) is 4.59. The Morgan fingerprint density at radius 3 is 2.79 bits per heavy atom. The van der Waals surface area contributed by atoms with E-state index in [2.05, 4.69) is 25.8 Å². The molecule has 3 N–H and O–H groups in total. The molecule has 1 saturated carbocycles. The fourth-order valence-electron chi connectivity index (χ4n) is 3.34. The van der Waals surface area contributed by atoms with Gasteiger partial charge in [0.05, 0.1) is 12.6 Å². The molecule has 3 rings (SSSR count). The third kappa shape index (κ3) is 6.27. The number of aromatic amines is 1. The van der Waals surface area contributed by atoms with Crippen molar-refractivity contribution in [3.63, 3.8) is 0 Å². The third-order valence-corrected chi connectivity index (χ3v) is 4.59. The Balaban J connectivity index is 1.49. The number of ether oxygens (including phenoxy) is 1. The first-order valence-corrected chi connectivity index (χ1v) is 9.63. The molecule has 0 radical (unpaired) electrons. The Labute approximate surface area is 168 Å². The molecule has 156 valence electrons. The van der Waals surface area contributed by atoms with E-state index in [-0.39, 0.29) is 24.3 Å². The fraction of sp³-hybridized carbons (Fsp3) is 0.500. The van der Waals surface area contributed by atoms with Crippen LogP contribution in [0, 0.1) is 5.82 Å². The van der Waals surface area contributed by atoms with Crippen molar-refractivity contribution in [3.8, 4) is 0 Å². The van der Waals surface area contributed by atoms with Gasteiger partial charge in [-0.25, -0.2) is 9.18 Å². The molecule has 29 heavy (non-hydrogen) atoms. The predicted octanol–water partition coefficient (Wildman–Crippen LogP) is 3.29. The smallest absolute Gasteiger partial charge is 0.407 e. The number of H-pyrrole nitrogens is 1. The molecule has 0 aromatic carbocycles. The minimum atomic E-state index is -0.526. The second-order valence-electron chi connectivity index (χ2n) is 8.25. The normalized spacial score (nSPS) is 19.0. The van der Waals surface area contributed by atoms with Gasteiger partial charge in [-0.3, -0.25) is 14.9 Å². The van der Waals surface area contributed by atoms with Crippen molar-refractivity contribution in [2.75, 3.05) is 5.32 Å². The lowest BCUT2D eigenvalue weighted by Gasteiger charge is -2.21. The van der Waals surface area contributed by atoms with Crippen LogP contribution in [0.1, 0.15) is 57.3 Å². The molecule has 2 amide bonds. The summed E-state index contributed by atoms with van der Waals surface area (Å²) >= 11 is 0. The molecule has 0 aliphatic heterocycles. The van der Waals surface area contributed by atoms with Crippen LogP contribution < -0.4 is 10.6 Å². The lowest BCUT2D eigenvalue weighted by atomic mass is 10.0. The highest BCUT2D eigenvalue weighted by Crippen LogP contribution is 2.34. The number of nitrogens with zero attached hydrogens (tertiary/aromatic N) is 2. The Bertz CT molecular complexity index is 860. The van der Waals surface area contributed by atoms with Gasteiger partial charge >= 0.3 is 6.09 Å². The molecule has 8 nitrogen and oxygen atoms in total. The number of carbonyl (C=O) groups is 2. The number of rotatable bonds is 5. The molecule has 2 heterocycles. The van der Waals surface area contributed by atoms with Crippen LogP contribution in [-0.2, 0) is 16.0 Å². The van der Waals surface area contributed by atoms with Crippen molar-refractivity contribution in [2.45, 2.75) is 64.0 Å². The van der Waals surface area contributed by atoms with E-state index in [4.69, 9.17) is 4.74 Å². The molecule has 0 spiro atoms. The van der Waals surface area contributed by atoms with Gasteiger partial charge in [-0.1, -0.05) is 0 Å². The van der Waals surface area contributed by atoms with Crippen LogP contribution in [-0.4, -0.2) is 38.8 Å². The highest BCUT2D eigenvalue weighted by molar-refractivity contribution is 5.91. The molecule has 2 aromatic heterocycles. The first-order valence-electron chi connectivity index (χ1n) is 9.63. The van der Waals surface area contributed by atoms with E-state index in [0.29, 0.717) is 11.5 Å². The molecule has 0 saturated heterocycles. The molecule has 2 atom stereocenters. The van der Waals surface area contributed by atoms with E-state index in [1.54, 1.807) is 6.07 Å². The van der Waals surface area contributed by atoms with Crippen LogP contribution in [0.25, 0.3) is 0 Å². The van der Waals surface area contributed by atoms with Crippen molar-refractivity contribution in [2.24, 2.45) is 0 Å². The second kappa shape index (κ2) is 8.59. The maximum absolute atomic E-state index is 12.9. The highest BCUT2D eigenvalue weighted by atomic mass is 19.1. The van der Waals surface area contributed by atoms with Crippen molar-refractivity contribution in [1.82, 2.24) is 20.5 Å². The molecule has 0 bridgehead atoms. The number of nitrogens with one attached hydrogen (secondary N) is 3. The highest BCUT2D eigenvalue weighted by Gasteiger charge is 2.29. The van der Waals surface area contributed by atoms with Crippen LogP contribution in [0.2, 0.25) is 0 Å². The van der Waals surface area contributed by atoms with E-state index in [0.717, 1.165) is 31.2 Å². The van der Waals surface area contributed by atoms with Crippen molar-refractivity contribution in [1.29, 1.82) is 0 Å². The Morgan fingerprint density at radius 2 is 2.10 bits per heavy atom. The summed E-state index contributed by atoms with van der Waals surface area (Å²) in [5.41, 5.74) is 0.863. The summed E-state index contributed by atoms with van der Waals surface area (Å²) in [6.07, 6.45) is 3.23. The molecule has 0 unspecified atom stereocenters. The Kier molecular flexibility index (Phi) is 6.14. The van der Waals surface area contributed by atoms with Gasteiger partial charge in [0.15, 0.2) is 5.82 Å². The van der Waals surface area contributed by atoms with Crippen molar-refractivity contribution < 1.29 is 18.7 Å². The third-order valence-electron chi connectivity index (χ3n) is 4.59. The van der Waals surface area contributed by atoms with Gasteiger partial charge in [-0.15, -0.1) is 0 Å². The van der Waals surface area contributed by atoms with E-state index in [1.165, 1.54) is 12.1 Å². The van der Waals surface area contributed by atoms with E-state index >= 15 is 0 Å². The van der Waals surface area contributed by atoms with Crippen LogP contribution >= 0.6 is 0 Å². The summed E-state index contributed by atoms with van der Waals surface area (Å²) in [6.45, 7) is 5.49. The maximum atomic E-state index is 12.9. The van der Waals surface area contributed by atoms with Gasteiger partial charge in [0.2, 0.25) is 5.91 Å². The lowest BCUT2D eigenvalue weighted by Crippen LogP contribution is -2.37. The number of aromatic nitrogens is 3. The summed E-state index contributed by atoms with van der Waals surface area (Å²) < 4.78 is 18.2. The van der Waals surface area contributed by atoms with Crippen molar-refractivity contribution >= 4 is 17.8 Å². The Morgan fingerprint density at radius 1 is 1.31 bits per heavy atom. The van der Waals surface area contributed by atoms with Gasteiger partial charge in [0, 0.05) is 29.4 Å². The first kappa shape index (κ1) is 20.8. The molecular weight excluding hydrogens is 377 g/mol. The number of pyridine rings is 1. The maximum Gasteiger partial charge on any atom is 0.407 e. The quantitative estimate of drug-likeness (QED) is 0.710. The van der Waals surface area contributed by atoms with Crippen LogP contribution in [0.15, 0.2) is 24.4 Å². The van der Waals surface area contributed by atoms with E-state index in [9.17, 15) is 14.0 Å². The SMILES string of the molecule is CC(C)(C)OC(=O)N[C@@H]1CC[C@H](c2cc(NC(=O)Cc3ccc(F)cn3)n[nH]2)C1. The number of amides is 2. The largest absolute Gasteiger partial charge is 0.444 e. The zero-order chi connectivity index (χ0) is 21.0. The summed E-state index contributed by atoms with van der Waals surface area (Å²) in [4.78, 5) is 27.9. The van der Waals surface area contributed by atoms with Crippen LogP contribution in [0.3, 0.4) is 0 Å². The van der Waals surface area contributed by atoms with Crippen LogP contribution in [0.5, 0.6) is 0 Å². The summed E-state index contributed by atoms with van der Waals surface area (Å²) in [5.74, 6) is -0.0808. The van der Waals surface area contributed by atoms with Gasteiger partial charge < -0.3 is 15.4 Å². The molecule has 1 aliphatic carbocycles. The van der Waals surface area contributed by atoms with Crippen molar-refractivity contribution in [3.05, 3.63) is 41.6 Å². The van der Waals surface area contributed by atoms with E-state index < -0.39 is 17.5 Å². The average Bonchev–Trinajstić information content (AvgIpc) is 3.24. The number of alkyl carbamates (subject to hydrolysis) is 1. The lowest BCUT2D eigenvalue weighted by molar-refractivity contribution is -0.115. The van der Waals surface area contributed by atoms with E-state index in [1.807, 2.05) is 20.8 Å². The monoisotopic (exact) mass is 403 g/mol. The molecule has 1 aliphatic rings. The number of halogens is 1. The summed E-state index contributed by atoms with van der Waals surface area (Å²) in [7, 11) is 0. The molecular formula is C20H26FN5O3. The van der Waals surface area contributed by atoms with Gasteiger partial charge in [-0.2, -0.15) is 5.10 Å². The molecule has 2 aromatic rings. The fourth-order valence-corrected chi connectivity index (χ4v) is 3.34. The minimum absolute atomic E-state index is 0.0355. The van der Waals surface area contributed by atoms with Gasteiger partial charge in [0.1, 0.15) is 11.4 Å². The first-order chi connectivity index (χ1) is 13.7. The Hall–Kier alpha value is -2.97. The predicted molar refractivity (Wildman–Crippen MR) is 105 cm³/mol. The second-order valence-corrected chi connectivity index (χ2v) is 8.25. The zero-order valence-corrected chi connectivity index (χ0v) is 16.8. The zero-order valence-electron chi connectivity index (χ0n) is 16.8. The number of hydrogen-bond donors (Lipinski definition) is 3. The summed E-state index contributed by atoms with van der Waals surface area (Å²) in [5, 5.41) is 12.7. The minimum Gasteiger partial charge on any atom is -0.444 e. The number of hydrogen-bond acceptors (Lipinski definition) is 5. The number of carbonyl (C=O) groups excluding carboxylic acids is 2.